The molecule has 2 nitrogen and oxygen atoms in total. The van der Waals surface area contributed by atoms with Gasteiger partial charge in [-0.05, 0) is 42.2 Å². The van der Waals surface area contributed by atoms with Crippen molar-refractivity contribution in [3.8, 4) is 16.9 Å². The van der Waals surface area contributed by atoms with E-state index in [1.807, 2.05) is 6.92 Å². The van der Waals surface area contributed by atoms with E-state index in [-0.39, 0.29) is 23.3 Å². The fourth-order valence-electron chi connectivity index (χ4n) is 3.29. The van der Waals surface area contributed by atoms with Crippen LogP contribution in [0.3, 0.4) is 0 Å². The van der Waals surface area contributed by atoms with Crippen molar-refractivity contribution in [2.24, 2.45) is 0 Å². The lowest BCUT2D eigenvalue weighted by Gasteiger charge is -2.12. The molecule has 0 saturated heterocycles. The normalized spacial score (nSPS) is 11.6. The molecular formula is C24H16F8O2. The predicted octanol–water partition coefficient (Wildman–Crippen LogP) is 7.63. The third-order valence-corrected chi connectivity index (χ3v) is 4.92. The number of ether oxygens (including phenoxy) is 1. The average Bonchev–Trinajstić information content (AvgIpc) is 2.70. The molecule has 0 aliphatic carbocycles. The summed E-state index contributed by atoms with van der Waals surface area (Å²) in [5.41, 5.74) is -3.15. The molecule has 0 aromatic heterocycles. The molecule has 3 aromatic rings. The summed E-state index contributed by atoms with van der Waals surface area (Å²) in [5, 5.41) is 0. The van der Waals surface area contributed by atoms with Gasteiger partial charge in [0.2, 0.25) is 0 Å². The first-order valence-electron chi connectivity index (χ1n) is 9.98. The summed E-state index contributed by atoms with van der Waals surface area (Å²) in [6, 6.07) is 5.61. The predicted molar refractivity (Wildman–Crippen MR) is 107 cm³/mol. The molecule has 3 rings (SSSR count). The highest BCUT2D eigenvalue weighted by molar-refractivity contribution is 5.92. The van der Waals surface area contributed by atoms with E-state index in [1.165, 1.54) is 12.1 Å². The van der Waals surface area contributed by atoms with E-state index in [0.29, 0.717) is 24.1 Å². The molecule has 0 aliphatic rings. The van der Waals surface area contributed by atoms with Crippen LogP contribution in [0.15, 0.2) is 42.5 Å². The average molecular weight is 488 g/mol. The summed E-state index contributed by atoms with van der Waals surface area (Å²) < 4.78 is 113. The van der Waals surface area contributed by atoms with E-state index in [4.69, 9.17) is 0 Å². The van der Waals surface area contributed by atoms with Crippen LogP contribution in [0.5, 0.6) is 5.75 Å². The van der Waals surface area contributed by atoms with Gasteiger partial charge in [-0.15, -0.1) is 0 Å². The Morgan fingerprint density at radius 1 is 0.824 bits per heavy atom. The highest BCUT2D eigenvalue weighted by atomic mass is 19.4. The van der Waals surface area contributed by atoms with Gasteiger partial charge in [0.15, 0.2) is 0 Å². The van der Waals surface area contributed by atoms with Gasteiger partial charge >= 0.3 is 12.1 Å². The molecule has 0 unspecified atom stereocenters. The van der Waals surface area contributed by atoms with Crippen LogP contribution in [0.2, 0.25) is 0 Å². The lowest BCUT2D eigenvalue weighted by Crippen LogP contribution is -2.15. The van der Waals surface area contributed by atoms with Crippen LogP contribution in [0, 0.1) is 29.1 Å². The number of halogens is 8. The third-order valence-electron chi connectivity index (χ3n) is 4.92. The lowest BCUT2D eigenvalue weighted by atomic mass is 9.99. The van der Waals surface area contributed by atoms with E-state index in [1.54, 1.807) is 6.07 Å². The van der Waals surface area contributed by atoms with Crippen molar-refractivity contribution < 1.29 is 44.7 Å². The van der Waals surface area contributed by atoms with Crippen molar-refractivity contribution in [2.45, 2.75) is 32.4 Å². The number of aryl methyl sites for hydroxylation is 1. The van der Waals surface area contributed by atoms with Crippen molar-refractivity contribution in [1.29, 1.82) is 0 Å². The minimum absolute atomic E-state index is 0.0590. The van der Waals surface area contributed by atoms with Gasteiger partial charge in [0.25, 0.3) is 0 Å². The Balaban J connectivity index is 1.89. The first-order valence-corrected chi connectivity index (χ1v) is 9.98. The second-order valence-corrected chi connectivity index (χ2v) is 7.38. The second-order valence-electron chi connectivity index (χ2n) is 7.38. The smallest absolute Gasteiger partial charge is 0.422 e. The summed E-state index contributed by atoms with van der Waals surface area (Å²) in [4.78, 5) is 12.2. The molecule has 0 bridgehead atoms. The maximum absolute atomic E-state index is 14.5. The monoisotopic (exact) mass is 488 g/mol. The summed E-state index contributed by atoms with van der Waals surface area (Å²) in [6.45, 7) is 1.97. The van der Waals surface area contributed by atoms with Gasteiger partial charge in [0.05, 0.1) is 0 Å². The van der Waals surface area contributed by atoms with E-state index < -0.39 is 58.1 Å². The summed E-state index contributed by atoms with van der Waals surface area (Å²) in [7, 11) is 0. The minimum Gasteiger partial charge on any atom is -0.423 e. The SMILES string of the molecule is CCCCc1ccc(-c2cc(F)c(C(=O)Oc3cc(F)c(C(F)(F)F)c(F)c3)c(F)c2)c(F)c1. The Hall–Kier alpha value is -3.43. The molecule has 0 amide bonds. The fraction of sp³-hybridized carbons (Fsp3) is 0.208. The maximum atomic E-state index is 14.5. The fourth-order valence-corrected chi connectivity index (χ4v) is 3.29. The minimum atomic E-state index is -5.35. The van der Waals surface area contributed by atoms with Crippen LogP contribution in [-0.2, 0) is 12.6 Å². The van der Waals surface area contributed by atoms with E-state index in [0.717, 1.165) is 12.8 Å². The first kappa shape index (κ1) is 25.2. The number of unbranched alkanes of at least 4 members (excludes halogenated alkanes) is 1. The quantitative estimate of drug-likeness (QED) is 0.203. The van der Waals surface area contributed by atoms with Gasteiger partial charge in [-0.3, -0.25) is 0 Å². The number of hydrogen-bond acceptors (Lipinski definition) is 2. The Labute approximate surface area is 188 Å². The standard InChI is InChI=1S/C24H16F8O2/c1-2-3-4-12-5-6-15(16(25)7-12)13-8-17(26)21(18(27)9-13)23(33)34-14-10-19(28)22(20(29)11-14)24(30,31)32/h5-11H,2-4H2,1H3. The zero-order valence-corrected chi connectivity index (χ0v) is 17.5. The second kappa shape index (κ2) is 9.82. The number of carbonyl (C=O) groups excluding carboxylic acids is 1. The van der Waals surface area contributed by atoms with Crippen LogP contribution in [0.4, 0.5) is 35.1 Å². The van der Waals surface area contributed by atoms with Crippen molar-refractivity contribution >= 4 is 5.97 Å². The largest absolute Gasteiger partial charge is 0.423 e. The van der Waals surface area contributed by atoms with Gasteiger partial charge in [-0.2, -0.15) is 13.2 Å². The first-order chi connectivity index (χ1) is 15.9. The van der Waals surface area contributed by atoms with Crippen LogP contribution >= 0.6 is 0 Å². The number of carbonyl (C=O) groups is 1. The summed E-state index contributed by atoms with van der Waals surface area (Å²) >= 11 is 0. The van der Waals surface area contributed by atoms with Crippen molar-refractivity contribution in [3.05, 3.63) is 88.2 Å². The Bertz CT molecular complexity index is 1190. The van der Waals surface area contributed by atoms with Crippen LogP contribution in [0.25, 0.3) is 11.1 Å². The van der Waals surface area contributed by atoms with Gasteiger partial charge < -0.3 is 4.74 Å². The topological polar surface area (TPSA) is 26.3 Å². The molecule has 0 heterocycles. The van der Waals surface area contributed by atoms with E-state index >= 15 is 0 Å². The molecule has 0 N–H and O–H groups in total. The Morgan fingerprint density at radius 3 is 1.91 bits per heavy atom. The van der Waals surface area contributed by atoms with Crippen molar-refractivity contribution in [2.75, 3.05) is 0 Å². The Morgan fingerprint density at radius 2 is 1.41 bits per heavy atom. The molecule has 0 fully saturated rings. The zero-order chi connectivity index (χ0) is 25.2. The molecule has 34 heavy (non-hydrogen) atoms. The van der Waals surface area contributed by atoms with Gasteiger partial charge in [0.1, 0.15) is 46.0 Å². The van der Waals surface area contributed by atoms with Gasteiger partial charge in [-0.1, -0.05) is 25.5 Å². The third kappa shape index (κ3) is 5.37. The lowest BCUT2D eigenvalue weighted by molar-refractivity contribution is -0.142. The summed E-state index contributed by atoms with van der Waals surface area (Å²) in [6.07, 6.45) is -3.02. The van der Waals surface area contributed by atoms with Gasteiger partial charge in [0, 0.05) is 17.7 Å². The van der Waals surface area contributed by atoms with Crippen LogP contribution in [0.1, 0.15) is 41.3 Å². The highest BCUT2D eigenvalue weighted by Crippen LogP contribution is 2.36. The highest BCUT2D eigenvalue weighted by Gasteiger charge is 2.38. The van der Waals surface area contributed by atoms with Crippen molar-refractivity contribution in [3.63, 3.8) is 0 Å². The van der Waals surface area contributed by atoms with E-state index in [9.17, 15) is 39.9 Å². The molecular weight excluding hydrogens is 472 g/mol. The summed E-state index contributed by atoms with van der Waals surface area (Å²) in [5.74, 6) is -10.6. The van der Waals surface area contributed by atoms with Crippen LogP contribution in [-0.4, -0.2) is 5.97 Å². The number of rotatable bonds is 6. The molecule has 3 aromatic carbocycles. The van der Waals surface area contributed by atoms with Crippen LogP contribution < -0.4 is 4.74 Å². The molecule has 0 radical (unpaired) electrons. The Kier molecular flexibility index (Phi) is 7.28. The number of benzene rings is 3. The number of alkyl halides is 3. The van der Waals surface area contributed by atoms with Crippen molar-refractivity contribution in [1.82, 2.24) is 0 Å². The molecule has 0 aliphatic heterocycles. The zero-order valence-electron chi connectivity index (χ0n) is 17.5. The van der Waals surface area contributed by atoms with Gasteiger partial charge in [-0.25, -0.2) is 26.7 Å². The maximum Gasteiger partial charge on any atom is 0.422 e. The molecule has 0 saturated carbocycles. The number of esters is 1. The van der Waals surface area contributed by atoms with E-state index in [2.05, 4.69) is 4.74 Å². The molecule has 10 heteroatoms. The molecule has 0 atom stereocenters. The molecule has 0 spiro atoms. The molecule has 180 valence electrons. The number of hydrogen-bond donors (Lipinski definition) is 0.